The summed E-state index contributed by atoms with van der Waals surface area (Å²) in [4.78, 5) is 0. The molecule has 80 valence electrons. The number of rotatable bonds is 8. The van der Waals surface area contributed by atoms with Crippen molar-refractivity contribution in [3.8, 4) is 0 Å². The fourth-order valence-corrected chi connectivity index (χ4v) is 1.21. The Morgan fingerprint density at radius 1 is 0.786 bits per heavy atom. The Hall–Kier alpha value is -0.780. The lowest BCUT2D eigenvalue weighted by atomic mass is 10.2. The first-order valence-corrected chi connectivity index (χ1v) is 5.83. The van der Waals surface area contributed by atoms with Crippen LogP contribution in [0.5, 0.6) is 0 Å². The summed E-state index contributed by atoms with van der Waals surface area (Å²) in [7, 11) is 0. The van der Waals surface area contributed by atoms with E-state index in [-0.39, 0.29) is 0 Å². The van der Waals surface area contributed by atoms with Gasteiger partial charge in [0.25, 0.3) is 0 Å². The summed E-state index contributed by atoms with van der Waals surface area (Å²) in [6.45, 7) is 4.30. The van der Waals surface area contributed by atoms with Gasteiger partial charge in [0.05, 0.1) is 0 Å². The Morgan fingerprint density at radius 2 is 1.43 bits per heavy atom. The van der Waals surface area contributed by atoms with Gasteiger partial charge in [0, 0.05) is 0 Å². The van der Waals surface area contributed by atoms with E-state index in [9.17, 15) is 0 Å². The van der Waals surface area contributed by atoms with Crippen LogP contribution in [0.1, 0.15) is 52.4 Å². The third-order valence-corrected chi connectivity index (χ3v) is 2.09. The molecule has 0 N–H and O–H groups in total. The minimum Gasteiger partial charge on any atom is -0.0914 e. The second kappa shape index (κ2) is 12.2. The Balaban J connectivity index is 3.21. The molecule has 0 fully saturated rings. The molecule has 0 atom stereocenters. The van der Waals surface area contributed by atoms with E-state index in [1.165, 1.54) is 25.7 Å². The molecule has 0 heteroatoms. The molecule has 0 unspecified atom stereocenters. The minimum atomic E-state index is 1.07. The largest absolute Gasteiger partial charge is 0.0914 e. The van der Waals surface area contributed by atoms with Gasteiger partial charge >= 0.3 is 0 Å². The predicted octanol–water partition coefficient (Wildman–Crippen LogP) is 5.04. The van der Waals surface area contributed by atoms with E-state index in [1.54, 1.807) is 0 Å². The Morgan fingerprint density at radius 3 is 2.07 bits per heavy atom. The summed E-state index contributed by atoms with van der Waals surface area (Å²) in [5, 5.41) is 0. The lowest BCUT2D eigenvalue weighted by Gasteiger charge is -1.90. The maximum absolute atomic E-state index is 2.30. The fourth-order valence-electron chi connectivity index (χ4n) is 1.21. The highest BCUT2D eigenvalue weighted by Crippen LogP contribution is 2.00. The van der Waals surface area contributed by atoms with Gasteiger partial charge in [-0.1, -0.05) is 56.2 Å². The van der Waals surface area contributed by atoms with Crippen LogP contribution in [0, 0.1) is 0 Å². The lowest BCUT2D eigenvalue weighted by molar-refractivity contribution is 0.728. The number of hydrogen-bond acceptors (Lipinski definition) is 0. The summed E-state index contributed by atoms with van der Waals surface area (Å²) in [5.74, 6) is 0. The normalized spacial score (nSPS) is 12.4. The standard InChI is InChI=1S/C14H24/c1-3-5-7-9-11-13-14-12-10-8-6-4-2/h3,5,9,11-12,14H,4,6-8,10,13H2,1-2H3. The van der Waals surface area contributed by atoms with E-state index in [2.05, 4.69) is 50.3 Å². The summed E-state index contributed by atoms with van der Waals surface area (Å²) < 4.78 is 0. The molecule has 0 nitrogen and oxygen atoms in total. The lowest BCUT2D eigenvalue weighted by Crippen LogP contribution is -1.70. The molecule has 0 saturated carbocycles. The van der Waals surface area contributed by atoms with Gasteiger partial charge in [0.1, 0.15) is 0 Å². The van der Waals surface area contributed by atoms with E-state index in [4.69, 9.17) is 0 Å². The van der Waals surface area contributed by atoms with Gasteiger partial charge in [-0.3, -0.25) is 0 Å². The van der Waals surface area contributed by atoms with E-state index >= 15 is 0 Å². The van der Waals surface area contributed by atoms with Gasteiger partial charge in [-0.2, -0.15) is 0 Å². The van der Waals surface area contributed by atoms with Crippen molar-refractivity contribution in [2.45, 2.75) is 52.4 Å². The quantitative estimate of drug-likeness (QED) is 0.373. The first-order chi connectivity index (χ1) is 6.91. The molecule has 14 heavy (non-hydrogen) atoms. The van der Waals surface area contributed by atoms with Gasteiger partial charge in [0.15, 0.2) is 0 Å². The second-order valence-corrected chi connectivity index (χ2v) is 3.48. The smallest absolute Gasteiger partial charge is 0.0169 e. The summed E-state index contributed by atoms with van der Waals surface area (Å²) in [6, 6.07) is 0. The highest BCUT2D eigenvalue weighted by molar-refractivity contribution is 4.96. The highest BCUT2D eigenvalue weighted by Gasteiger charge is 1.80. The van der Waals surface area contributed by atoms with Crippen molar-refractivity contribution >= 4 is 0 Å². The van der Waals surface area contributed by atoms with Crippen molar-refractivity contribution in [3.63, 3.8) is 0 Å². The molecule has 0 aromatic rings. The van der Waals surface area contributed by atoms with Crippen LogP contribution < -0.4 is 0 Å². The van der Waals surface area contributed by atoms with Gasteiger partial charge in [0.2, 0.25) is 0 Å². The van der Waals surface area contributed by atoms with Crippen molar-refractivity contribution in [1.82, 2.24) is 0 Å². The molecule has 0 aliphatic heterocycles. The molecule has 0 bridgehead atoms. The maximum atomic E-state index is 2.30. The van der Waals surface area contributed by atoms with Crippen molar-refractivity contribution < 1.29 is 0 Å². The zero-order valence-electron chi connectivity index (χ0n) is 9.71. The first-order valence-electron chi connectivity index (χ1n) is 5.83. The van der Waals surface area contributed by atoms with Crippen molar-refractivity contribution in [3.05, 3.63) is 36.5 Å². The molecule has 0 aromatic heterocycles. The predicted molar refractivity (Wildman–Crippen MR) is 66.5 cm³/mol. The van der Waals surface area contributed by atoms with Crippen LogP contribution in [0.15, 0.2) is 36.5 Å². The van der Waals surface area contributed by atoms with Gasteiger partial charge in [-0.05, 0) is 32.6 Å². The zero-order valence-corrected chi connectivity index (χ0v) is 9.71. The Labute approximate surface area is 89.4 Å². The molecule has 0 saturated heterocycles. The molecule has 0 radical (unpaired) electrons. The van der Waals surface area contributed by atoms with Crippen LogP contribution >= 0.6 is 0 Å². The molecular weight excluding hydrogens is 168 g/mol. The molecule has 0 heterocycles. The van der Waals surface area contributed by atoms with Crippen LogP contribution in [-0.2, 0) is 0 Å². The maximum Gasteiger partial charge on any atom is -0.0169 e. The van der Waals surface area contributed by atoms with Crippen LogP contribution in [0.2, 0.25) is 0 Å². The number of allylic oxidation sites excluding steroid dienone is 6. The summed E-state index contributed by atoms with van der Waals surface area (Å²) in [6.07, 6.45) is 20.7. The van der Waals surface area contributed by atoms with Crippen LogP contribution in [0.4, 0.5) is 0 Å². The van der Waals surface area contributed by atoms with Crippen LogP contribution in [0.25, 0.3) is 0 Å². The third-order valence-electron chi connectivity index (χ3n) is 2.09. The van der Waals surface area contributed by atoms with Gasteiger partial charge in [-0.25, -0.2) is 0 Å². The first kappa shape index (κ1) is 13.2. The van der Waals surface area contributed by atoms with E-state index in [0.29, 0.717) is 0 Å². The van der Waals surface area contributed by atoms with Gasteiger partial charge in [-0.15, -0.1) is 0 Å². The zero-order chi connectivity index (χ0) is 10.5. The number of hydrogen-bond donors (Lipinski definition) is 0. The SMILES string of the molecule is CC=CCC=CCC=CCCCCC. The molecule has 0 aromatic carbocycles. The van der Waals surface area contributed by atoms with Crippen LogP contribution in [0.3, 0.4) is 0 Å². The van der Waals surface area contributed by atoms with Crippen molar-refractivity contribution in [1.29, 1.82) is 0 Å². The Bertz CT molecular complexity index is 172. The summed E-state index contributed by atoms with van der Waals surface area (Å²) in [5.41, 5.74) is 0. The number of unbranched alkanes of at least 4 members (excludes halogenated alkanes) is 3. The molecule has 0 aliphatic rings. The minimum absolute atomic E-state index is 1.07. The third kappa shape index (κ3) is 11.2. The molecular formula is C14H24. The molecule has 0 spiro atoms. The Kier molecular flexibility index (Phi) is 11.5. The van der Waals surface area contributed by atoms with E-state index in [0.717, 1.165) is 12.8 Å². The monoisotopic (exact) mass is 192 g/mol. The van der Waals surface area contributed by atoms with Crippen molar-refractivity contribution in [2.24, 2.45) is 0 Å². The van der Waals surface area contributed by atoms with Gasteiger partial charge < -0.3 is 0 Å². The second-order valence-electron chi connectivity index (χ2n) is 3.48. The highest BCUT2D eigenvalue weighted by atomic mass is 13.9. The molecule has 0 amide bonds. The average Bonchev–Trinajstić information content (AvgIpc) is 2.21. The topological polar surface area (TPSA) is 0 Å². The van der Waals surface area contributed by atoms with E-state index in [1.807, 2.05) is 0 Å². The average molecular weight is 192 g/mol. The molecule has 0 aliphatic carbocycles. The summed E-state index contributed by atoms with van der Waals surface area (Å²) >= 11 is 0. The fraction of sp³-hybridized carbons (Fsp3) is 0.571. The van der Waals surface area contributed by atoms with E-state index < -0.39 is 0 Å². The van der Waals surface area contributed by atoms with Crippen LogP contribution in [-0.4, -0.2) is 0 Å². The molecule has 0 rings (SSSR count). The van der Waals surface area contributed by atoms with Crippen molar-refractivity contribution in [2.75, 3.05) is 0 Å².